The van der Waals surface area contributed by atoms with Crippen molar-refractivity contribution in [1.29, 1.82) is 0 Å². The number of methoxy groups -OCH3 is 1. The van der Waals surface area contributed by atoms with Crippen molar-refractivity contribution in [3.8, 4) is 5.75 Å². The van der Waals surface area contributed by atoms with Gasteiger partial charge in [0.05, 0.1) is 12.1 Å². The maximum Gasteiger partial charge on any atom is 0.281 e. The minimum Gasteiger partial charge on any atom is -0.497 e. The van der Waals surface area contributed by atoms with Gasteiger partial charge in [0.25, 0.3) is 11.8 Å². The van der Waals surface area contributed by atoms with Gasteiger partial charge in [-0.25, -0.2) is 9.97 Å². The summed E-state index contributed by atoms with van der Waals surface area (Å²) in [5.41, 5.74) is 5.89. The predicted octanol–water partition coefficient (Wildman–Crippen LogP) is 4.17. The lowest BCUT2D eigenvalue weighted by Crippen LogP contribution is -2.41. The van der Waals surface area contributed by atoms with Gasteiger partial charge in [-0.05, 0) is 48.5 Å². The van der Waals surface area contributed by atoms with E-state index in [1.54, 1.807) is 68.0 Å². The number of nitrogens with zero attached hydrogens (tertiary/aromatic N) is 2. The second-order valence-corrected chi connectivity index (χ2v) is 7.72. The molecule has 0 radical (unpaired) electrons. The second kappa shape index (κ2) is 8.99. The quantitative estimate of drug-likeness (QED) is 0.392. The molecule has 3 N–H and O–H groups in total. The number of anilines is 2. The molecular formula is C21H16ClN5O3S. The molecule has 4 aromatic rings. The van der Waals surface area contributed by atoms with E-state index < -0.39 is 11.8 Å². The lowest BCUT2D eigenvalue weighted by Gasteiger charge is -2.08. The number of hydrazine groups is 1. The average molecular weight is 454 g/mol. The van der Waals surface area contributed by atoms with Crippen molar-refractivity contribution in [2.45, 2.75) is 0 Å². The number of rotatable bonds is 5. The molecule has 4 rings (SSSR count). The molecule has 2 amide bonds. The Labute approximate surface area is 186 Å². The zero-order chi connectivity index (χ0) is 21.8. The maximum atomic E-state index is 12.5. The summed E-state index contributed by atoms with van der Waals surface area (Å²) in [7, 11) is 1.57. The molecule has 2 aromatic carbocycles. The Kier molecular flexibility index (Phi) is 5.96. The Balaban J connectivity index is 1.40. The fourth-order valence-corrected chi connectivity index (χ4v) is 4.20. The fraction of sp³-hybridized carbons (Fsp3) is 0.0476. The summed E-state index contributed by atoms with van der Waals surface area (Å²) in [6.45, 7) is 0. The third kappa shape index (κ3) is 4.57. The molecule has 0 saturated carbocycles. The van der Waals surface area contributed by atoms with Crippen LogP contribution in [0.3, 0.4) is 0 Å². The SMILES string of the molecule is COc1ccc2c(Cl)c(C(=O)NNC(=O)c3ccc(Nc4ncccn4)cc3)sc2c1. The third-order valence-electron chi connectivity index (χ3n) is 4.30. The molecule has 0 saturated heterocycles. The van der Waals surface area contributed by atoms with E-state index in [1.165, 1.54) is 11.3 Å². The van der Waals surface area contributed by atoms with Gasteiger partial charge in [-0.1, -0.05) is 11.6 Å². The fourth-order valence-electron chi connectivity index (χ4n) is 2.76. The lowest BCUT2D eigenvalue weighted by molar-refractivity contribution is 0.0849. The largest absolute Gasteiger partial charge is 0.497 e. The zero-order valence-electron chi connectivity index (χ0n) is 16.2. The number of thiophene rings is 1. The van der Waals surface area contributed by atoms with Crippen LogP contribution in [0.1, 0.15) is 20.0 Å². The molecule has 10 heteroatoms. The topological polar surface area (TPSA) is 105 Å². The standard InChI is InChI=1S/C21H16ClN5O3S/c1-30-14-7-8-15-16(11-14)31-18(17(15)22)20(29)27-26-19(28)12-3-5-13(6-4-12)25-21-23-9-2-10-24-21/h2-11H,1H3,(H,26,28)(H,27,29)(H,23,24,25). The molecule has 0 bridgehead atoms. The van der Waals surface area contributed by atoms with Crippen LogP contribution in [-0.2, 0) is 0 Å². The molecule has 0 atom stereocenters. The van der Waals surface area contributed by atoms with Gasteiger partial charge in [-0.2, -0.15) is 0 Å². The summed E-state index contributed by atoms with van der Waals surface area (Å²) in [6, 6.07) is 13.7. The number of carbonyl (C=O) groups excluding carboxylic acids is 2. The van der Waals surface area contributed by atoms with Gasteiger partial charge in [-0.15, -0.1) is 11.3 Å². The van der Waals surface area contributed by atoms with Crippen molar-refractivity contribution in [2.75, 3.05) is 12.4 Å². The molecule has 2 heterocycles. The summed E-state index contributed by atoms with van der Waals surface area (Å²) in [5.74, 6) is 0.153. The lowest BCUT2D eigenvalue weighted by atomic mass is 10.2. The van der Waals surface area contributed by atoms with E-state index in [-0.39, 0.29) is 0 Å². The van der Waals surface area contributed by atoms with Crippen molar-refractivity contribution >= 4 is 56.5 Å². The summed E-state index contributed by atoms with van der Waals surface area (Å²) in [5, 5.41) is 4.09. The van der Waals surface area contributed by atoms with Crippen molar-refractivity contribution < 1.29 is 14.3 Å². The van der Waals surface area contributed by atoms with Crippen LogP contribution in [0.4, 0.5) is 11.6 Å². The summed E-state index contributed by atoms with van der Waals surface area (Å²) >= 11 is 7.56. The highest BCUT2D eigenvalue weighted by Crippen LogP contribution is 2.37. The van der Waals surface area contributed by atoms with Crippen LogP contribution in [0, 0.1) is 0 Å². The van der Waals surface area contributed by atoms with E-state index in [2.05, 4.69) is 26.1 Å². The number of benzene rings is 2. The van der Waals surface area contributed by atoms with Crippen molar-refractivity contribution in [3.05, 3.63) is 76.4 Å². The number of hydrogen-bond donors (Lipinski definition) is 3. The van der Waals surface area contributed by atoms with Gasteiger partial charge in [-0.3, -0.25) is 20.4 Å². The van der Waals surface area contributed by atoms with Crippen LogP contribution in [-0.4, -0.2) is 28.9 Å². The molecule has 8 nitrogen and oxygen atoms in total. The Morgan fingerprint density at radius 2 is 1.71 bits per heavy atom. The Morgan fingerprint density at radius 3 is 2.42 bits per heavy atom. The number of ether oxygens (including phenoxy) is 1. The van der Waals surface area contributed by atoms with Gasteiger partial charge >= 0.3 is 0 Å². The van der Waals surface area contributed by atoms with Gasteiger partial charge in [0.1, 0.15) is 10.6 Å². The summed E-state index contributed by atoms with van der Waals surface area (Å²) < 4.78 is 6.01. The zero-order valence-corrected chi connectivity index (χ0v) is 17.8. The molecule has 0 aliphatic rings. The molecule has 0 unspecified atom stereocenters. The molecule has 31 heavy (non-hydrogen) atoms. The van der Waals surface area contributed by atoms with E-state index in [1.807, 2.05) is 0 Å². The molecule has 0 aliphatic carbocycles. The smallest absolute Gasteiger partial charge is 0.281 e. The monoisotopic (exact) mass is 453 g/mol. The van der Waals surface area contributed by atoms with E-state index in [0.717, 1.165) is 15.8 Å². The first-order chi connectivity index (χ1) is 15.0. The normalized spacial score (nSPS) is 10.5. The number of carbonyl (C=O) groups is 2. The van der Waals surface area contributed by atoms with Crippen LogP contribution >= 0.6 is 22.9 Å². The van der Waals surface area contributed by atoms with Gasteiger partial charge in [0.15, 0.2) is 0 Å². The summed E-state index contributed by atoms with van der Waals surface area (Å²) in [6.07, 6.45) is 3.25. The number of amides is 2. The van der Waals surface area contributed by atoms with E-state index >= 15 is 0 Å². The van der Waals surface area contributed by atoms with Crippen molar-refractivity contribution in [1.82, 2.24) is 20.8 Å². The molecule has 156 valence electrons. The molecule has 2 aromatic heterocycles. The minimum atomic E-state index is -0.502. The second-order valence-electron chi connectivity index (χ2n) is 6.29. The number of fused-ring (bicyclic) bond motifs is 1. The first kappa shape index (κ1) is 20.6. The highest BCUT2D eigenvalue weighted by molar-refractivity contribution is 7.21. The third-order valence-corrected chi connectivity index (χ3v) is 5.96. The van der Waals surface area contributed by atoms with Crippen LogP contribution < -0.4 is 20.9 Å². The molecule has 0 fully saturated rings. The molecular weight excluding hydrogens is 438 g/mol. The first-order valence-electron chi connectivity index (χ1n) is 9.06. The highest BCUT2D eigenvalue weighted by Gasteiger charge is 2.18. The van der Waals surface area contributed by atoms with Crippen LogP contribution in [0.5, 0.6) is 5.75 Å². The first-order valence-corrected chi connectivity index (χ1v) is 10.3. The number of hydrogen-bond acceptors (Lipinski definition) is 7. The van der Waals surface area contributed by atoms with Gasteiger partial charge in [0, 0.05) is 33.7 Å². The Bertz CT molecular complexity index is 1250. The summed E-state index contributed by atoms with van der Waals surface area (Å²) in [4.78, 5) is 33.4. The Hall–Kier alpha value is -3.69. The van der Waals surface area contributed by atoms with E-state index in [4.69, 9.17) is 16.3 Å². The van der Waals surface area contributed by atoms with Crippen LogP contribution in [0.2, 0.25) is 5.02 Å². The average Bonchev–Trinajstić information content (AvgIpc) is 3.14. The molecule has 0 aliphatic heterocycles. The minimum absolute atomic E-state index is 0.299. The molecule has 0 spiro atoms. The van der Waals surface area contributed by atoms with E-state index in [0.29, 0.717) is 27.2 Å². The maximum absolute atomic E-state index is 12.5. The predicted molar refractivity (Wildman–Crippen MR) is 120 cm³/mol. The van der Waals surface area contributed by atoms with Gasteiger partial charge < -0.3 is 10.1 Å². The van der Waals surface area contributed by atoms with Crippen molar-refractivity contribution in [3.63, 3.8) is 0 Å². The van der Waals surface area contributed by atoms with Crippen LogP contribution in [0.25, 0.3) is 10.1 Å². The number of nitrogens with one attached hydrogen (secondary N) is 3. The van der Waals surface area contributed by atoms with Crippen LogP contribution in [0.15, 0.2) is 60.9 Å². The van der Waals surface area contributed by atoms with Crippen molar-refractivity contribution in [2.24, 2.45) is 0 Å². The number of aromatic nitrogens is 2. The van der Waals surface area contributed by atoms with Gasteiger partial charge in [0.2, 0.25) is 5.95 Å². The number of halogens is 1. The highest BCUT2D eigenvalue weighted by atomic mass is 35.5. The Morgan fingerprint density at radius 1 is 1.00 bits per heavy atom. The van der Waals surface area contributed by atoms with E-state index in [9.17, 15) is 9.59 Å².